The third kappa shape index (κ3) is 4.49. The Labute approximate surface area is 171 Å². The van der Waals surface area contributed by atoms with Gasteiger partial charge in [0.25, 0.3) is 0 Å². The van der Waals surface area contributed by atoms with Crippen LogP contribution in [0.15, 0.2) is 33.7 Å². The fourth-order valence-corrected chi connectivity index (χ4v) is 5.05. The first-order valence-electron chi connectivity index (χ1n) is 9.87. The van der Waals surface area contributed by atoms with E-state index < -0.39 is 0 Å². The second kappa shape index (κ2) is 8.52. The van der Waals surface area contributed by atoms with Crippen LogP contribution in [-0.2, 0) is 0 Å². The summed E-state index contributed by atoms with van der Waals surface area (Å²) in [5.74, 6) is 2.19. The first-order valence-corrected chi connectivity index (χ1v) is 10.7. The van der Waals surface area contributed by atoms with Crippen molar-refractivity contribution in [2.45, 2.75) is 47.0 Å². The van der Waals surface area contributed by atoms with E-state index in [-0.39, 0.29) is 5.41 Å². The molecule has 3 rings (SSSR count). The molecule has 6 heteroatoms. The van der Waals surface area contributed by atoms with Crippen molar-refractivity contribution in [3.05, 3.63) is 28.4 Å². The zero-order valence-corrected chi connectivity index (χ0v) is 18.6. The molecule has 0 spiro atoms. The molecule has 0 bridgehead atoms. The van der Waals surface area contributed by atoms with E-state index in [1.54, 1.807) is 25.6 Å². The highest BCUT2D eigenvalue weighted by atomic mass is 32.1. The maximum Gasteiger partial charge on any atom is 0.206 e. The zero-order valence-electron chi connectivity index (χ0n) is 17.8. The number of hydrogen-bond acceptors (Lipinski definition) is 5. The van der Waals surface area contributed by atoms with Crippen LogP contribution in [0.5, 0.6) is 11.5 Å². The average molecular weight is 402 g/mol. The molecule has 0 aliphatic heterocycles. The van der Waals surface area contributed by atoms with E-state index >= 15 is 0 Å². The standard InChI is InChI=1S/C22H31N3O2S/c1-7-23-21-25(24-16-10-15(2)12-22(3,4)13-16)19(14-28-21)18-9-8-17(26-5)11-20(18)27-6/h8-9,11,14-15H,7,10,12-13H2,1-6H3/b23-21?,24-16+. The number of nitrogens with zero attached hydrogens (tertiary/aromatic N) is 3. The van der Waals surface area contributed by atoms with Gasteiger partial charge in [0, 0.05) is 29.3 Å². The molecule has 0 N–H and O–H groups in total. The molecule has 0 amide bonds. The molecule has 2 aromatic rings. The third-order valence-corrected chi connectivity index (χ3v) is 5.93. The summed E-state index contributed by atoms with van der Waals surface area (Å²) in [6.07, 6.45) is 3.30. The lowest BCUT2D eigenvalue weighted by atomic mass is 9.72. The molecule has 1 fully saturated rings. The van der Waals surface area contributed by atoms with Crippen LogP contribution in [-0.4, -0.2) is 31.2 Å². The van der Waals surface area contributed by atoms with Gasteiger partial charge in [0.2, 0.25) is 4.80 Å². The third-order valence-electron chi connectivity index (χ3n) is 5.07. The van der Waals surface area contributed by atoms with Crippen molar-refractivity contribution in [1.29, 1.82) is 0 Å². The molecular weight excluding hydrogens is 370 g/mol. The van der Waals surface area contributed by atoms with Crippen LogP contribution < -0.4 is 14.3 Å². The molecular formula is C22H31N3O2S. The van der Waals surface area contributed by atoms with Crippen LogP contribution in [0.3, 0.4) is 0 Å². The molecule has 1 heterocycles. The Morgan fingerprint density at radius 3 is 2.68 bits per heavy atom. The van der Waals surface area contributed by atoms with Crippen molar-refractivity contribution >= 4 is 17.0 Å². The quantitative estimate of drug-likeness (QED) is 0.691. The first kappa shape index (κ1) is 20.6. The van der Waals surface area contributed by atoms with Gasteiger partial charge in [-0.15, -0.1) is 11.3 Å². The monoisotopic (exact) mass is 401 g/mol. The van der Waals surface area contributed by atoms with E-state index in [4.69, 9.17) is 14.6 Å². The van der Waals surface area contributed by atoms with E-state index in [1.807, 2.05) is 22.9 Å². The lowest BCUT2D eigenvalue weighted by molar-refractivity contribution is 0.265. The number of hydrogen-bond donors (Lipinski definition) is 0. The molecule has 1 unspecified atom stereocenters. The SMILES string of the molecule is CCN=c1scc(-c2ccc(OC)cc2OC)n1/N=C1\CC(C)CC(C)(C)C1. The van der Waals surface area contributed by atoms with Crippen LogP contribution in [0.1, 0.15) is 47.0 Å². The second-order valence-electron chi connectivity index (χ2n) is 8.28. The number of methoxy groups -OCH3 is 2. The molecule has 0 saturated heterocycles. The highest BCUT2D eigenvalue weighted by molar-refractivity contribution is 7.07. The summed E-state index contributed by atoms with van der Waals surface area (Å²) in [5, 5.41) is 7.21. The molecule has 28 heavy (non-hydrogen) atoms. The van der Waals surface area contributed by atoms with Gasteiger partial charge in [-0.3, -0.25) is 4.99 Å². The van der Waals surface area contributed by atoms with Gasteiger partial charge in [-0.25, -0.2) is 4.68 Å². The summed E-state index contributed by atoms with van der Waals surface area (Å²) < 4.78 is 13.0. The van der Waals surface area contributed by atoms with Gasteiger partial charge < -0.3 is 9.47 Å². The largest absolute Gasteiger partial charge is 0.497 e. The van der Waals surface area contributed by atoms with Gasteiger partial charge >= 0.3 is 0 Å². The lowest BCUT2D eigenvalue weighted by Gasteiger charge is -2.34. The van der Waals surface area contributed by atoms with E-state index in [1.165, 1.54) is 12.1 Å². The molecule has 1 aromatic heterocycles. The Hall–Kier alpha value is -2.08. The van der Waals surface area contributed by atoms with Gasteiger partial charge in [-0.05, 0) is 49.7 Å². The first-order chi connectivity index (χ1) is 13.4. The summed E-state index contributed by atoms with van der Waals surface area (Å²) in [6, 6.07) is 5.89. The van der Waals surface area contributed by atoms with Crippen molar-refractivity contribution in [2.24, 2.45) is 21.4 Å². The van der Waals surface area contributed by atoms with Crippen molar-refractivity contribution in [3.63, 3.8) is 0 Å². The molecule has 152 valence electrons. The molecule has 5 nitrogen and oxygen atoms in total. The van der Waals surface area contributed by atoms with Gasteiger partial charge in [-0.2, -0.15) is 5.10 Å². The Bertz CT molecular complexity index is 924. The topological polar surface area (TPSA) is 48.1 Å². The Kier molecular flexibility index (Phi) is 6.28. The molecule has 1 aliphatic rings. The Balaban J connectivity index is 2.13. The lowest BCUT2D eigenvalue weighted by Crippen LogP contribution is -2.29. The van der Waals surface area contributed by atoms with Gasteiger partial charge in [0.1, 0.15) is 11.5 Å². The zero-order chi connectivity index (χ0) is 20.3. The maximum absolute atomic E-state index is 5.64. The second-order valence-corrected chi connectivity index (χ2v) is 9.11. The van der Waals surface area contributed by atoms with Crippen LogP contribution in [0.4, 0.5) is 0 Å². The normalized spacial score (nSPS) is 21.1. The van der Waals surface area contributed by atoms with Crippen LogP contribution in [0.2, 0.25) is 0 Å². The van der Waals surface area contributed by atoms with E-state index in [0.29, 0.717) is 5.92 Å². The number of benzene rings is 1. The fraction of sp³-hybridized carbons (Fsp3) is 0.545. The smallest absolute Gasteiger partial charge is 0.206 e. The maximum atomic E-state index is 5.64. The van der Waals surface area contributed by atoms with Crippen LogP contribution >= 0.6 is 11.3 Å². The minimum atomic E-state index is 0.285. The minimum absolute atomic E-state index is 0.285. The fourth-order valence-electron chi connectivity index (χ4n) is 4.17. The molecule has 0 radical (unpaired) electrons. The van der Waals surface area contributed by atoms with Crippen molar-refractivity contribution in [3.8, 4) is 22.8 Å². The number of thiazole rings is 1. The van der Waals surface area contributed by atoms with E-state index in [9.17, 15) is 0 Å². The van der Waals surface area contributed by atoms with Gasteiger partial charge in [0.15, 0.2) is 0 Å². The predicted molar refractivity (Wildman–Crippen MR) is 117 cm³/mol. The highest BCUT2D eigenvalue weighted by Crippen LogP contribution is 2.38. The summed E-state index contributed by atoms with van der Waals surface area (Å²) in [7, 11) is 3.35. The molecule has 1 aromatic carbocycles. The number of aromatic nitrogens is 1. The Morgan fingerprint density at radius 1 is 1.25 bits per heavy atom. The molecule has 1 saturated carbocycles. The summed E-state index contributed by atoms with van der Waals surface area (Å²) in [4.78, 5) is 5.59. The van der Waals surface area contributed by atoms with Crippen molar-refractivity contribution in [2.75, 3.05) is 20.8 Å². The van der Waals surface area contributed by atoms with E-state index in [2.05, 4.69) is 38.1 Å². The number of rotatable bonds is 5. The predicted octanol–water partition coefficient (Wildman–Crippen LogP) is 5.20. The Morgan fingerprint density at radius 2 is 2.04 bits per heavy atom. The van der Waals surface area contributed by atoms with Gasteiger partial charge in [-0.1, -0.05) is 20.8 Å². The highest BCUT2D eigenvalue weighted by Gasteiger charge is 2.30. The average Bonchev–Trinajstić information content (AvgIpc) is 3.02. The molecule has 1 atom stereocenters. The summed E-state index contributed by atoms with van der Waals surface area (Å²) in [6.45, 7) is 9.77. The van der Waals surface area contributed by atoms with E-state index in [0.717, 1.165) is 46.9 Å². The summed E-state index contributed by atoms with van der Waals surface area (Å²) >= 11 is 1.62. The van der Waals surface area contributed by atoms with Crippen LogP contribution in [0, 0.1) is 11.3 Å². The minimum Gasteiger partial charge on any atom is -0.497 e. The van der Waals surface area contributed by atoms with Crippen molar-refractivity contribution < 1.29 is 9.47 Å². The van der Waals surface area contributed by atoms with Crippen molar-refractivity contribution in [1.82, 2.24) is 4.68 Å². The summed E-state index contributed by atoms with van der Waals surface area (Å²) in [5.41, 5.74) is 3.52. The molecule has 1 aliphatic carbocycles. The number of ether oxygens (including phenoxy) is 2. The van der Waals surface area contributed by atoms with Crippen LogP contribution in [0.25, 0.3) is 11.3 Å². The van der Waals surface area contributed by atoms with Gasteiger partial charge in [0.05, 0.1) is 19.9 Å².